The molecule has 0 atom stereocenters. The zero-order valence-electron chi connectivity index (χ0n) is 15.5. The van der Waals surface area contributed by atoms with Crippen molar-refractivity contribution < 1.29 is 27.4 Å². The molecule has 144 valence electrons. The number of amides is 1. The molecule has 8 heteroatoms. The molecule has 7 nitrogen and oxygen atoms in total. The first-order valence-corrected chi connectivity index (χ1v) is 9.77. The fourth-order valence-electron chi connectivity index (χ4n) is 2.34. The van der Waals surface area contributed by atoms with Gasteiger partial charge in [-0.15, -0.1) is 0 Å². The van der Waals surface area contributed by atoms with E-state index in [0.717, 1.165) is 6.26 Å². The van der Waals surface area contributed by atoms with Crippen LogP contribution in [0, 0.1) is 0 Å². The molecule has 0 saturated heterocycles. The normalized spacial score (nSPS) is 11.3. The summed E-state index contributed by atoms with van der Waals surface area (Å²) < 4.78 is 39.0. The van der Waals surface area contributed by atoms with Gasteiger partial charge in [0.2, 0.25) is 5.91 Å². The summed E-state index contributed by atoms with van der Waals surface area (Å²) in [5.74, 6) is 1.10. The molecule has 0 aliphatic rings. The summed E-state index contributed by atoms with van der Waals surface area (Å²) in [5, 5.41) is 2.63. The van der Waals surface area contributed by atoms with Crippen molar-refractivity contribution in [2.45, 2.75) is 4.90 Å². The van der Waals surface area contributed by atoms with Crippen molar-refractivity contribution in [1.82, 2.24) is 0 Å². The van der Waals surface area contributed by atoms with Crippen LogP contribution < -0.4 is 19.5 Å². The summed E-state index contributed by atoms with van der Waals surface area (Å²) in [7, 11) is 1.19. The van der Waals surface area contributed by atoms with Crippen LogP contribution in [0.25, 0.3) is 6.08 Å². The lowest BCUT2D eigenvalue weighted by Crippen LogP contribution is -2.08. The van der Waals surface area contributed by atoms with Gasteiger partial charge in [-0.05, 0) is 30.3 Å². The Kier molecular flexibility index (Phi) is 6.46. The molecule has 2 aromatic rings. The molecule has 0 unspecified atom stereocenters. The van der Waals surface area contributed by atoms with Crippen LogP contribution in [0.5, 0.6) is 17.2 Å². The Balaban J connectivity index is 2.22. The molecule has 2 rings (SSSR count). The Morgan fingerprint density at radius 1 is 0.963 bits per heavy atom. The standard InChI is InChI=1S/C19H21NO6S/c1-24-16-12-18(26-3)17(25-2)10-13(16)8-9-19(21)20-14-6-5-7-15(11-14)27(4,22)23/h5-12H,1-4H3,(H,20,21)/b9-8+. The van der Waals surface area contributed by atoms with Crippen LogP contribution in [0.15, 0.2) is 47.4 Å². The third-order valence-electron chi connectivity index (χ3n) is 3.68. The second-order valence-corrected chi connectivity index (χ2v) is 7.59. The SMILES string of the molecule is COc1cc(OC)c(OC)cc1/C=C/C(=O)Nc1cccc(S(C)(=O)=O)c1. The zero-order chi connectivity index (χ0) is 20.0. The first-order valence-electron chi connectivity index (χ1n) is 7.87. The van der Waals surface area contributed by atoms with Crippen molar-refractivity contribution in [2.75, 3.05) is 32.9 Å². The lowest BCUT2D eigenvalue weighted by atomic mass is 10.1. The molecule has 0 bridgehead atoms. The van der Waals surface area contributed by atoms with Crippen LogP contribution in [-0.2, 0) is 14.6 Å². The highest BCUT2D eigenvalue weighted by atomic mass is 32.2. The maximum Gasteiger partial charge on any atom is 0.248 e. The Morgan fingerprint density at radius 2 is 1.59 bits per heavy atom. The highest BCUT2D eigenvalue weighted by Crippen LogP contribution is 2.35. The van der Waals surface area contributed by atoms with E-state index in [2.05, 4.69) is 5.32 Å². The number of methoxy groups -OCH3 is 3. The molecular weight excluding hydrogens is 370 g/mol. The topological polar surface area (TPSA) is 90.9 Å². The van der Waals surface area contributed by atoms with Crippen LogP contribution in [0.2, 0.25) is 0 Å². The summed E-state index contributed by atoms with van der Waals surface area (Å²) in [6.45, 7) is 0. The Bertz CT molecular complexity index is 966. The summed E-state index contributed by atoms with van der Waals surface area (Å²) in [6, 6.07) is 9.38. The molecule has 2 aromatic carbocycles. The third kappa shape index (κ3) is 5.24. The predicted molar refractivity (Wildman–Crippen MR) is 103 cm³/mol. The van der Waals surface area contributed by atoms with Crippen molar-refractivity contribution in [3.63, 3.8) is 0 Å². The van der Waals surface area contributed by atoms with Gasteiger partial charge in [0.1, 0.15) is 5.75 Å². The number of ether oxygens (including phenoxy) is 3. The van der Waals surface area contributed by atoms with Crippen molar-refractivity contribution in [3.8, 4) is 17.2 Å². The van der Waals surface area contributed by atoms with E-state index in [-0.39, 0.29) is 4.90 Å². The second kappa shape index (κ2) is 8.59. The van der Waals surface area contributed by atoms with Gasteiger partial charge >= 0.3 is 0 Å². The first kappa shape index (κ1) is 20.3. The van der Waals surface area contributed by atoms with Gasteiger partial charge in [-0.1, -0.05) is 6.07 Å². The zero-order valence-corrected chi connectivity index (χ0v) is 16.3. The fourth-order valence-corrected chi connectivity index (χ4v) is 3.00. The van der Waals surface area contributed by atoms with E-state index in [1.807, 2.05) is 0 Å². The molecule has 27 heavy (non-hydrogen) atoms. The van der Waals surface area contributed by atoms with Crippen molar-refractivity contribution in [3.05, 3.63) is 48.0 Å². The Morgan fingerprint density at radius 3 is 2.19 bits per heavy atom. The summed E-state index contributed by atoms with van der Waals surface area (Å²) in [6.07, 6.45) is 3.99. The van der Waals surface area contributed by atoms with E-state index < -0.39 is 15.7 Å². The molecule has 1 amide bonds. The van der Waals surface area contributed by atoms with Gasteiger partial charge in [0.25, 0.3) is 0 Å². The summed E-state index contributed by atoms with van der Waals surface area (Å²) >= 11 is 0. The highest BCUT2D eigenvalue weighted by molar-refractivity contribution is 7.90. The number of sulfone groups is 1. The van der Waals surface area contributed by atoms with E-state index >= 15 is 0 Å². The van der Waals surface area contributed by atoms with Gasteiger partial charge in [-0.2, -0.15) is 0 Å². The fraction of sp³-hybridized carbons (Fsp3) is 0.211. The van der Waals surface area contributed by atoms with E-state index in [4.69, 9.17) is 14.2 Å². The minimum atomic E-state index is -3.35. The number of hydrogen-bond donors (Lipinski definition) is 1. The lowest BCUT2D eigenvalue weighted by Gasteiger charge is -2.12. The average molecular weight is 391 g/mol. The molecule has 0 saturated carbocycles. The lowest BCUT2D eigenvalue weighted by molar-refractivity contribution is -0.111. The van der Waals surface area contributed by atoms with E-state index in [0.29, 0.717) is 28.5 Å². The number of carbonyl (C=O) groups excluding carboxylic acids is 1. The third-order valence-corrected chi connectivity index (χ3v) is 4.79. The van der Waals surface area contributed by atoms with E-state index in [9.17, 15) is 13.2 Å². The maximum absolute atomic E-state index is 12.2. The van der Waals surface area contributed by atoms with Gasteiger partial charge < -0.3 is 19.5 Å². The van der Waals surface area contributed by atoms with Crippen molar-refractivity contribution >= 4 is 27.5 Å². The number of rotatable bonds is 7. The number of anilines is 1. The molecule has 0 heterocycles. The minimum Gasteiger partial charge on any atom is -0.496 e. The predicted octanol–water partition coefficient (Wildman–Crippen LogP) is 2.77. The quantitative estimate of drug-likeness (QED) is 0.730. The van der Waals surface area contributed by atoms with Crippen molar-refractivity contribution in [2.24, 2.45) is 0 Å². The van der Waals surface area contributed by atoms with Gasteiger partial charge in [0.05, 0.1) is 26.2 Å². The molecule has 0 aromatic heterocycles. The average Bonchev–Trinajstić information content (AvgIpc) is 2.65. The molecule has 0 aliphatic heterocycles. The van der Waals surface area contributed by atoms with Crippen LogP contribution in [0.1, 0.15) is 5.56 Å². The second-order valence-electron chi connectivity index (χ2n) is 5.57. The highest BCUT2D eigenvalue weighted by Gasteiger charge is 2.11. The van der Waals surface area contributed by atoms with Crippen LogP contribution in [0.4, 0.5) is 5.69 Å². The molecule has 0 radical (unpaired) electrons. The number of carbonyl (C=O) groups is 1. The summed E-state index contributed by atoms with van der Waals surface area (Å²) in [5.41, 5.74) is 1.00. The minimum absolute atomic E-state index is 0.130. The van der Waals surface area contributed by atoms with E-state index in [1.165, 1.54) is 39.5 Å². The Labute approximate surface area is 158 Å². The molecule has 0 spiro atoms. The Hall–Kier alpha value is -3.00. The van der Waals surface area contributed by atoms with Crippen LogP contribution >= 0.6 is 0 Å². The largest absolute Gasteiger partial charge is 0.496 e. The number of benzene rings is 2. The van der Waals surface area contributed by atoms with Crippen LogP contribution in [-0.4, -0.2) is 41.9 Å². The maximum atomic E-state index is 12.2. The molecular formula is C19H21NO6S. The van der Waals surface area contributed by atoms with Gasteiger partial charge in [0.15, 0.2) is 21.3 Å². The summed E-state index contributed by atoms with van der Waals surface area (Å²) in [4.78, 5) is 12.3. The molecule has 1 N–H and O–H groups in total. The number of hydrogen-bond acceptors (Lipinski definition) is 6. The number of nitrogens with one attached hydrogen (secondary N) is 1. The van der Waals surface area contributed by atoms with Gasteiger partial charge in [-0.25, -0.2) is 8.42 Å². The smallest absolute Gasteiger partial charge is 0.248 e. The monoisotopic (exact) mass is 391 g/mol. The van der Waals surface area contributed by atoms with Gasteiger partial charge in [-0.3, -0.25) is 4.79 Å². The molecule has 0 aliphatic carbocycles. The van der Waals surface area contributed by atoms with Gasteiger partial charge in [0, 0.05) is 29.6 Å². The first-order chi connectivity index (χ1) is 12.8. The van der Waals surface area contributed by atoms with E-state index in [1.54, 1.807) is 30.3 Å². The molecule has 0 fully saturated rings. The van der Waals surface area contributed by atoms with Crippen molar-refractivity contribution in [1.29, 1.82) is 0 Å². The van der Waals surface area contributed by atoms with Crippen LogP contribution in [0.3, 0.4) is 0 Å².